The smallest absolute Gasteiger partial charge is 0.273 e. The van der Waals surface area contributed by atoms with E-state index >= 15 is 0 Å². The van der Waals surface area contributed by atoms with Crippen molar-refractivity contribution in [3.8, 4) is 0 Å². The number of urea groups is 1. The number of imide groups is 2. The van der Waals surface area contributed by atoms with Crippen LogP contribution in [0.4, 0.5) is 10.5 Å². The molecule has 1 aliphatic heterocycles. The molecule has 1 saturated heterocycles. The van der Waals surface area contributed by atoms with E-state index in [1.54, 1.807) is 36.4 Å². The Kier molecular flexibility index (Phi) is 4.94. The minimum atomic E-state index is -0.809. The van der Waals surface area contributed by atoms with E-state index in [1.165, 1.54) is 12.1 Å². The minimum Gasteiger partial charge on any atom is -0.273 e. The lowest BCUT2D eigenvalue weighted by Gasteiger charge is -2.26. The maximum absolute atomic E-state index is 12.7. The molecule has 126 valence electrons. The number of carbonyl (C=O) groups is 3. The number of carbonyl (C=O) groups excluding carboxylic acids is 3. The maximum Gasteiger partial charge on any atom is 0.335 e. The van der Waals surface area contributed by atoms with Gasteiger partial charge >= 0.3 is 6.03 Å². The molecule has 0 aliphatic carbocycles. The van der Waals surface area contributed by atoms with Gasteiger partial charge in [0.15, 0.2) is 0 Å². The van der Waals surface area contributed by atoms with Crippen LogP contribution in [0.25, 0.3) is 6.08 Å². The topological polar surface area (TPSA) is 66.5 Å². The van der Waals surface area contributed by atoms with Crippen LogP contribution >= 0.6 is 39.1 Å². The number of anilines is 1. The molecule has 0 unspecified atom stereocenters. The van der Waals surface area contributed by atoms with Gasteiger partial charge in [-0.05, 0) is 48.0 Å². The van der Waals surface area contributed by atoms with Crippen molar-refractivity contribution in [2.45, 2.75) is 0 Å². The van der Waals surface area contributed by atoms with Gasteiger partial charge in [-0.15, -0.1) is 0 Å². The van der Waals surface area contributed by atoms with E-state index in [2.05, 4.69) is 21.2 Å². The number of hydrogen-bond donors (Lipinski definition) is 1. The first-order valence-corrected chi connectivity index (χ1v) is 8.54. The van der Waals surface area contributed by atoms with Crippen LogP contribution in [-0.2, 0) is 9.59 Å². The van der Waals surface area contributed by atoms with Gasteiger partial charge in [-0.1, -0.05) is 45.2 Å². The molecule has 0 bridgehead atoms. The van der Waals surface area contributed by atoms with E-state index in [1.807, 2.05) is 0 Å². The second-order valence-corrected chi connectivity index (χ2v) is 6.86. The predicted octanol–water partition coefficient (Wildman–Crippen LogP) is 4.42. The third kappa shape index (κ3) is 3.61. The van der Waals surface area contributed by atoms with Crippen molar-refractivity contribution in [3.05, 3.63) is 68.1 Å². The lowest BCUT2D eigenvalue weighted by molar-refractivity contribution is -0.122. The number of amides is 4. The maximum atomic E-state index is 12.7. The van der Waals surface area contributed by atoms with Gasteiger partial charge in [-0.25, -0.2) is 9.69 Å². The normalized spacial score (nSPS) is 16.4. The molecule has 8 heteroatoms. The van der Waals surface area contributed by atoms with Gasteiger partial charge in [-0.2, -0.15) is 0 Å². The first kappa shape index (κ1) is 17.7. The summed E-state index contributed by atoms with van der Waals surface area (Å²) in [6, 6.07) is 10.4. The standard InChI is InChI=1S/C17H9BrCl2N2O3/c18-10-2-5-12(6-3-10)22-16(24)13(15(23)21-17(22)25)7-9-1-4-11(19)8-14(9)20/h1-8H,(H,21,23,25)/b13-7+. The monoisotopic (exact) mass is 438 g/mol. The van der Waals surface area contributed by atoms with Crippen molar-refractivity contribution >= 4 is 68.7 Å². The van der Waals surface area contributed by atoms with Crippen molar-refractivity contribution in [1.29, 1.82) is 0 Å². The van der Waals surface area contributed by atoms with E-state index in [4.69, 9.17) is 23.2 Å². The van der Waals surface area contributed by atoms with Crippen molar-refractivity contribution in [3.63, 3.8) is 0 Å². The van der Waals surface area contributed by atoms with Crippen molar-refractivity contribution < 1.29 is 14.4 Å². The first-order chi connectivity index (χ1) is 11.9. The highest BCUT2D eigenvalue weighted by Gasteiger charge is 2.36. The molecule has 1 heterocycles. The van der Waals surface area contributed by atoms with Crippen LogP contribution in [0, 0.1) is 0 Å². The fraction of sp³-hybridized carbons (Fsp3) is 0. The van der Waals surface area contributed by atoms with Crippen LogP contribution in [0.2, 0.25) is 10.0 Å². The van der Waals surface area contributed by atoms with Gasteiger partial charge in [0.25, 0.3) is 11.8 Å². The highest BCUT2D eigenvalue weighted by atomic mass is 79.9. The molecule has 0 atom stereocenters. The molecular formula is C17H9BrCl2N2O3. The number of hydrogen-bond acceptors (Lipinski definition) is 3. The van der Waals surface area contributed by atoms with Crippen LogP contribution in [0.5, 0.6) is 0 Å². The van der Waals surface area contributed by atoms with Gasteiger partial charge in [0.1, 0.15) is 5.57 Å². The Labute approximate surface area is 161 Å². The van der Waals surface area contributed by atoms with Gasteiger partial charge in [0.2, 0.25) is 0 Å². The number of benzene rings is 2. The summed E-state index contributed by atoms with van der Waals surface area (Å²) in [4.78, 5) is 37.8. The third-order valence-corrected chi connectivity index (χ3v) is 4.54. The number of halogens is 3. The second kappa shape index (κ2) is 7.00. The molecule has 4 amide bonds. The predicted molar refractivity (Wildman–Crippen MR) is 99.6 cm³/mol. The van der Waals surface area contributed by atoms with Crippen LogP contribution < -0.4 is 10.2 Å². The van der Waals surface area contributed by atoms with Crippen LogP contribution in [-0.4, -0.2) is 17.8 Å². The summed E-state index contributed by atoms with van der Waals surface area (Å²) in [5.41, 5.74) is 0.577. The molecule has 0 saturated carbocycles. The molecule has 25 heavy (non-hydrogen) atoms. The summed E-state index contributed by atoms with van der Waals surface area (Å²) in [6.45, 7) is 0. The summed E-state index contributed by atoms with van der Waals surface area (Å²) in [5, 5.41) is 2.87. The van der Waals surface area contributed by atoms with Crippen LogP contribution in [0.15, 0.2) is 52.5 Å². The average Bonchev–Trinajstić information content (AvgIpc) is 2.55. The highest BCUT2D eigenvalue weighted by Crippen LogP contribution is 2.26. The zero-order chi connectivity index (χ0) is 18.1. The van der Waals surface area contributed by atoms with E-state index in [0.717, 1.165) is 9.37 Å². The molecule has 1 N–H and O–H groups in total. The Balaban J connectivity index is 2.03. The Hall–Kier alpha value is -2.15. The number of rotatable bonds is 2. The zero-order valence-electron chi connectivity index (χ0n) is 12.4. The van der Waals surface area contributed by atoms with E-state index in [9.17, 15) is 14.4 Å². The molecule has 2 aromatic carbocycles. The van der Waals surface area contributed by atoms with Gasteiger partial charge in [-0.3, -0.25) is 14.9 Å². The van der Waals surface area contributed by atoms with Gasteiger partial charge in [0, 0.05) is 14.5 Å². The number of nitrogens with one attached hydrogen (secondary N) is 1. The Morgan fingerprint density at radius 1 is 1.00 bits per heavy atom. The van der Waals surface area contributed by atoms with Crippen LogP contribution in [0.3, 0.4) is 0 Å². The lowest BCUT2D eigenvalue weighted by Crippen LogP contribution is -2.54. The molecule has 1 aliphatic rings. The highest BCUT2D eigenvalue weighted by molar-refractivity contribution is 9.10. The molecule has 3 rings (SSSR count). The summed E-state index contributed by atoms with van der Waals surface area (Å²) in [5.74, 6) is -1.52. The van der Waals surface area contributed by atoms with Crippen molar-refractivity contribution in [2.75, 3.05) is 4.90 Å². The van der Waals surface area contributed by atoms with Gasteiger partial charge < -0.3 is 0 Å². The van der Waals surface area contributed by atoms with Crippen molar-refractivity contribution in [1.82, 2.24) is 5.32 Å². The molecule has 0 radical (unpaired) electrons. The van der Waals surface area contributed by atoms with E-state index in [0.29, 0.717) is 16.3 Å². The lowest BCUT2D eigenvalue weighted by atomic mass is 10.1. The number of barbiturate groups is 1. The minimum absolute atomic E-state index is 0.202. The summed E-state index contributed by atoms with van der Waals surface area (Å²) in [6.07, 6.45) is 1.33. The molecule has 0 aromatic heterocycles. The fourth-order valence-corrected chi connectivity index (χ4v) is 2.98. The average molecular weight is 440 g/mol. The molecule has 1 fully saturated rings. The summed E-state index contributed by atoms with van der Waals surface area (Å²) in [7, 11) is 0. The SMILES string of the molecule is O=C1NC(=O)N(c2ccc(Br)cc2)C(=O)/C1=C/c1ccc(Cl)cc1Cl. The zero-order valence-corrected chi connectivity index (χ0v) is 15.5. The van der Waals surface area contributed by atoms with E-state index in [-0.39, 0.29) is 10.6 Å². The molecule has 2 aromatic rings. The first-order valence-electron chi connectivity index (χ1n) is 6.99. The molecule has 5 nitrogen and oxygen atoms in total. The number of nitrogens with zero attached hydrogens (tertiary/aromatic N) is 1. The fourth-order valence-electron chi connectivity index (χ4n) is 2.26. The van der Waals surface area contributed by atoms with Crippen LogP contribution in [0.1, 0.15) is 5.56 Å². The molecular weight excluding hydrogens is 431 g/mol. The second-order valence-electron chi connectivity index (χ2n) is 5.10. The van der Waals surface area contributed by atoms with Gasteiger partial charge in [0.05, 0.1) is 5.69 Å². The quantitative estimate of drug-likeness (QED) is 0.556. The Morgan fingerprint density at radius 2 is 1.68 bits per heavy atom. The Morgan fingerprint density at radius 3 is 2.32 bits per heavy atom. The Bertz CT molecular complexity index is 926. The molecule has 0 spiro atoms. The largest absolute Gasteiger partial charge is 0.335 e. The third-order valence-electron chi connectivity index (χ3n) is 3.45. The summed E-state index contributed by atoms with van der Waals surface area (Å²) >= 11 is 15.2. The van der Waals surface area contributed by atoms with E-state index < -0.39 is 17.8 Å². The summed E-state index contributed by atoms with van der Waals surface area (Å²) < 4.78 is 0.793. The van der Waals surface area contributed by atoms with Crippen molar-refractivity contribution in [2.24, 2.45) is 0 Å².